The van der Waals surface area contributed by atoms with Crippen molar-refractivity contribution in [2.45, 2.75) is 39.3 Å². The molecular formula is C16H21N3O2S2. The van der Waals surface area contributed by atoms with Crippen LogP contribution in [0.2, 0.25) is 0 Å². The summed E-state index contributed by atoms with van der Waals surface area (Å²) in [7, 11) is 1.51. The zero-order valence-corrected chi connectivity index (χ0v) is 15.5. The maximum absolute atomic E-state index is 5.97. The number of aromatic nitrogens is 1. The normalized spacial score (nSPS) is 13.3. The van der Waals surface area contributed by atoms with Gasteiger partial charge in [0.05, 0.1) is 27.5 Å². The monoisotopic (exact) mass is 351 g/mol. The van der Waals surface area contributed by atoms with Crippen LogP contribution in [0.1, 0.15) is 26.3 Å². The van der Waals surface area contributed by atoms with E-state index in [2.05, 4.69) is 22.4 Å². The van der Waals surface area contributed by atoms with Crippen LogP contribution < -0.4 is 10.1 Å². The minimum atomic E-state index is -0.417. The summed E-state index contributed by atoms with van der Waals surface area (Å²) in [6.07, 6.45) is 1.40. The molecule has 23 heavy (non-hydrogen) atoms. The Balaban J connectivity index is 2.06. The molecule has 2 aromatic rings. The van der Waals surface area contributed by atoms with Crippen LogP contribution in [0.15, 0.2) is 22.8 Å². The summed E-state index contributed by atoms with van der Waals surface area (Å²) in [5.74, 6) is 0.765. The Morgan fingerprint density at radius 1 is 1.48 bits per heavy atom. The van der Waals surface area contributed by atoms with Crippen molar-refractivity contribution >= 4 is 45.0 Å². The lowest BCUT2D eigenvalue weighted by Crippen LogP contribution is -2.48. The van der Waals surface area contributed by atoms with Crippen molar-refractivity contribution in [2.75, 3.05) is 7.11 Å². The molecule has 0 aliphatic rings. The SMILES string of the molecule is CON=CC(C)(C)NC(=S)C(C)Oc1cc(C)c2scnc2c1. The maximum atomic E-state index is 5.97. The summed E-state index contributed by atoms with van der Waals surface area (Å²) in [5.41, 5.74) is 3.52. The third-order valence-corrected chi connectivity index (χ3v) is 4.61. The molecule has 1 aromatic carbocycles. The molecule has 0 saturated carbocycles. The number of nitrogens with one attached hydrogen (secondary N) is 1. The van der Waals surface area contributed by atoms with Gasteiger partial charge in [-0.3, -0.25) is 0 Å². The van der Waals surface area contributed by atoms with Crippen molar-refractivity contribution in [1.82, 2.24) is 10.3 Å². The fourth-order valence-corrected chi connectivity index (χ4v) is 3.13. The van der Waals surface area contributed by atoms with Crippen LogP contribution in [0.5, 0.6) is 5.75 Å². The molecule has 0 aliphatic carbocycles. The van der Waals surface area contributed by atoms with E-state index in [1.165, 1.54) is 11.8 Å². The average molecular weight is 351 g/mol. The third-order valence-electron chi connectivity index (χ3n) is 3.20. The van der Waals surface area contributed by atoms with E-state index in [0.29, 0.717) is 4.99 Å². The number of rotatable bonds is 6. The largest absolute Gasteiger partial charge is 0.484 e. The van der Waals surface area contributed by atoms with Gasteiger partial charge in [-0.1, -0.05) is 17.4 Å². The number of thiocarbonyl (C=S) groups is 1. The fraction of sp³-hybridized carbons (Fsp3) is 0.438. The van der Waals surface area contributed by atoms with Crippen molar-refractivity contribution in [3.8, 4) is 5.75 Å². The number of thiazole rings is 1. The van der Waals surface area contributed by atoms with Gasteiger partial charge < -0.3 is 14.9 Å². The summed E-state index contributed by atoms with van der Waals surface area (Å²) < 4.78 is 7.15. The minimum absolute atomic E-state index is 0.268. The summed E-state index contributed by atoms with van der Waals surface area (Å²) in [6.45, 7) is 7.89. The smallest absolute Gasteiger partial charge is 0.146 e. The molecule has 0 spiro atoms. The Labute approximate surface area is 145 Å². The molecule has 0 bridgehead atoms. The van der Waals surface area contributed by atoms with Crippen LogP contribution in [0.4, 0.5) is 0 Å². The van der Waals surface area contributed by atoms with Gasteiger partial charge in [-0.25, -0.2) is 4.98 Å². The molecule has 0 saturated heterocycles. The van der Waals surface area contributed by atoms with Gasteiger partial charge >= 0.3 is 0 Å². The maximum Gasteiger partial charge on any atom is 0.146 e. The van der Waals surface area contributed by atoms with E-state index < -0.39 is 5.54 Å². The van der Waals surface area contributed by atoms with Gasteiger partial charge in [0.2, 0.25) is 0 Å². The molecule has 0 amide bonds. The summed E-state index contributed by atoms with van der Waals surface area (Å²) in [6, 6.07) is 3.95. The van der Waals surface area contributed by atoms with E-state index in [4.69, 9.17) is 21.8 Å². The highest BCUT2D eigenvalue weighted by Crippen LogP contribution is 2.27. The average Bonchev–Trinajstić information content (AvgIpc) is 2.93. The van der Waals surface area contributed by atoms with Crippen molar-refractivity contribution in [2.24, 2.45) is 5.16 Å². The summed E-state index contributed by atoms with van der Waals surface area (Å²) in [5, 5.41) is 7.01. The van der Waals surface area contributed by atoms with E-state index in [1.807, 2.05) is 38.4 Å². The lowest BCUT2D eigenvalue weighted by atomic mass is 10.1. The van der Waals surface area contributed by atoms with Gasteiger partial charge in [-0.05, 0) is 39.3 Å². The molecule has 1 N–H and O–H groups in total. The van der Waals surface area contributed by atoms with Gasteiger partial charge in [-0.15, -0.1) is 11.3 Å². The number of hydrogen-bond donors (Lipinski definition) is 1. The second kappa shape index (κ2) is 7.23. The van der Waals surface area contributed by atoms with Crippen LogP contribution in [0, 0.1) is 6.92 Å². The zero-order valence-electron chi connectivity index (χ0n) is 13.9. The van der Waals surface area contributed by atoms with Crippen molar-refractivity contribution in [1.29, 1.82) is 0 Å². The van der Waals surface area contributed by atoms with Crippen LogP contribution in [-0.2, 0) is 4.84 Å². The molecule has 1 unspecified atom stereocenters. The molecule has 1 heterocycles. The molecule has 0 radical (unpaired) electrons. The number of nitrogens with zero attached hydrogens (tertiary/aromatic N) is 2. The van der Waals surface area contributed by atoms with Gasteiger partial charge in [0, 0.05) is 6.07 Å². The quantitative estimate of drug-likeness (QED) is 0.488. The molecule has 0 fully saturated rings. The van der Waals surface area contributed by atoms with Crippen LogP contribution in [0.25, 0.3) is 10.2 Å². The first kappa shape index (κ1) is 17.6. The van der Waals surface area contributed by atoms with E-state index in [-0.39, 0.29) is 6.10 Å². The van der Waals surface area contributed by atoms with Crippen molar-refractivity contribution < 1.29 is 9.57 Å². The highest BCUT2D eigenvalue weighted by molar-refractivity contribution is 7.80. The highest BCUT2D eigenvalue weighted by atomic mass is 32.1. The molecule has 1 aromatic heterocycles. The van der Waals surface area contributed by atoms with Gasteiger partial charge in [0.25, 0.3) is 0 Å². The zero-order chi connectivity index (χ0) is 17.0. The number of aryl methyl sites for hydroxylation is 1. The number of benzene rings is 1. The topological polar surface area (TPSA) is 55.7 Å². The molecule has 7 heteroatoms. The van der Waals surface area contributed by atoms with Crippen LogP contribution in [0.3, 0.4) is 0 Å². The lowest BCUT2D eigenvalue weighted by molar-refractivity contribution is 0.212. The van der Waals surface area contributed by atoms with Gasteiger partial charge in [-0.2, -0.15) is 0 Å². The van der Waals surface area contributed by atoms with E-state index in [9.17, 15) is 0 Å². The number of oxime groups is 1. The number of fused-ring (bicyclic) bond motifs is 1. The van der Waals surface area contributed by atoms with Crippen LogP contribution in [-0.4, -0.2) is 34.9 Å². The predicted molar refractivity (Wildman–Crippen MR) is 99.8 cm³/mol. The standard InChI is InChI=1S/C16H21N3O2S2/c1-10-6-12(7-13-14(10)23-9-17-13)21-11(2)15(22)19-16(3,4)8-18-20-5/h6-9,11H,1-5H3,(H,19,22). The van der Waals surface area contributed by atoms with Crippen molar-refractivity contribution in [3.63, 3.8) is 0 Å². The van der Waals surface area contributed by atoms with Gasteiger partial charge in [0.1, 0.15) is 24.0 Å². The molecule has 5 nitrogen and oxygen atoms in total. The molecule has 1 atom stereocenters. The van der Waals surface area contributed by atoms with E-state index in [1.54, 1.807) is 17.6 Å². The van der Waals surface area contributed by atoms with E-state index in [0.717, 1.165) is 16.8 Å². The Morgan fingerprint density at radius 2 is 2.22 bits per heavy atom. The molecular weight excluding hydrogens is 330 g/mol. The first-order valence-corrected chi connectivity index (χ1v) is 8.51. The molecule has 0 aliphatic heterocycles. The fourth-order valence-electron chi connectivity index (χ4n) is 2.07. The van der Waals surface area contributed by atoms with E-state index >= 15 is 0 Å². The second-order valence-electron chi connectivity index (χ2n) is 5.83. The molecule has 2 rings (SSSR count). The third kappa shape index (κ3) is 4.62. The lowest BCUT2D eigenvalue weighted by Gasteiger charge is -2.26. The van der Waals surface area contributed by atoms with Crippen molar-refractivity contribution in [3.05, 3.63) is 23.2 Å². The van der Waals surface area contributed by atoms with Crippen LogP contribution >= 0.6 is 23.6 Å². The minimum Gasteiger partial charge on any atom is -0.484 e. The predicted octanol–water partition coefficient (Wildman–Crippen LogP) is 3.70. The highest BCUT2D eigenvalue weighted by Gasteiger charge is 2.20. The number of hydrogen-bond acceptors (Lipinski definition) is 6. The Hall–Kier alpha value is -1.73. The first-order chi connectivity index (χ1) is 10.8. The Bertz CT molecular complexity index is 725. The second-order valence-corrected chi connectivity index (χ2v) is 7.12. The Kier molecular flexibility index (Phi) is 5.54. The van der Waals surface area contributed by atoms with Gasteiger partial charge in [0.15, 0.2) is 0 Å². The summed E-state index contributed by atoms with van der Waals surface area (Å²) >= 11 is 7.07. The summed E-state index contributed by atoms with van der Waals surface area (Å²) in [4.78, 5) is 9.66. The first-order valence-electron chi connectivity index (χ1n) is 7.22. The molecule has 124 valence electrons. The number of ether oxygens (including phenoxy) is 1. The Morgan fingerprint density at radius 3 is 2.91 bits per heavy atom.